The summed E-state index contributed by atoms with van der Waals surface area (Å²) in [6, 6.07) is 16.1. The molecule has 2 heterocycles. The fourth-order valence-electron chi connectivity index (χ4n) is 3.55. The van der Waals surface area contributed by atoms with E-state index in [2.05, 4.69) is 20.9 Å². The highest BCUT2D eigenvalue weighted by Gasteiger charge is 2.12. The van der Waals surface area contributed by atoms with Gasteiger partial charge in [-0.3, -0.25) is 14.6 Å². The van der Waals surface area contributed by atoms with Gasteiger partial charge in [0.15, 0.2) is 0 Å². The Morgan fingerprint density at radius 3 is 2.47 bits per heavy atom. The fraction of sp³-hybridized carbons (Fsp3) is 0.231. The second-order valence-corrected chi connectivity index (χ2v) is 8.46. The van der Waals surface area contributed by atoms with E-state index in [9.17, 15) is 9.59 Å². The minimum absolute atomic E-state index is 0.102. The Morgan fingerprint density at radius 1 is 1.00 bits per heavy atom. The van der Waals surface area contributed by atoms with E-state index in [4.69, 9.17) is 9.72 Å². The van der Waals surface area contributed by atoms with Gasteiger partial charge in [-0.15, -0.1) is 0 Å². The van der Waals surface area contributed by atoms with Crippen molar-refractivity contribution < 1.29 is 14.3 Å². The Balaban J connectivity index is 1.46. The summed E-state index contributed by atoms with van der Waals surface area (Å²) in [6.45, 7) is 1.37. The van der Waals surface area contributed by atoms with Crippen LogP contribution in [-0.2, 0) is 7.05 Å². The predicted molar refractivity (Wildman–Crippen MR) is 139 cm³/mol. The maximum absolute atomic E-state index is 12.3. The molecule has 0 fully saturated rings. The number of amides is 2. The standard InChI is InChI=1S/C26H29N7O3/c1-27-25(35)22-16-20(11-12-28-22)36-19-9-10-23-21(15-19)31-26(33(23)4)30-18-7-5-17(6-8-18)24(34)29-13-14-32(2)3/h5-12,15-16H,13-14H2,1-4H3,(H,27,35)(H,29,34)(H,30,31). The minimum Gasteiger partial charge on any atom is -0.457 e. The lowest BCUT2D eigenvalue weighted by Gasteiger charge is -2.11. The van der Waals surface area contributed by atoms with E-state index >= 15 is 0 Å². The number of pyridine rings is 1. The molecule has 2 aromatic heterocycles. The van der Waals surface area contributed by atoms with Crippen molar-refractivity contribution in [3.05, 3.63) is 72.1 Å². The van der Waals surface area contributed by atoms with Crippen LogP contribution in [0.15, 0.2) is 60.8 Å². The SMILES string of the molecule is CNC(=O)c1cc(Oc2ccc3c(c2)nc(Nc2ccc(C(=O)NCCN(C)C)cc2)n3C)ccn1. The van der Waals surface area contributed by atoms with Crippen molar-refractivity contribution in [1.82, 2.24) is 30.1 Å². The van der Waals surface area contributed by atoms with Crippen molar-refractivity contribution in [3.63, 3.8) is 0 Å². The van der Waals surface area contributed by atoms with Crippen molar-refractivity contribution >= 4 is 34.5 Å². The summed E-state index contributed by atoms with van der Waals surface area (Å²) < 4.78 is 7.88. The third-order valence-electron chi connectivity index (χ3n) is 5.53. The van der Waals surface area contributed by atoms with Gasteiger partial charge in [0.1, 0.15) is 17.2 Å². The molecule has 10 nitrogen and oxygen atoms in total. The molecule has 4 rings (SSSR count). The average Bonchev–Trinajstić information content (AvgIpc) is 3.18. The number of hydrogen-bond donors (Lipinski definition) is 3. The molecule has 0 atom stereocenters. The molecular formula is C26H29N7O3. The molecule has 0 aliphatic carbocycles. The van der Waals surface area contributed by atoms with Crippen LogP contribution < -0.4 is 20.7 Å². The van der Waals surface area contributed by atoms with Gasteiger partial charge in [-0.25, -0.2) is 4.98 Å². The van der Waals surface area contributed by atoms with Crippen LogP contribution in [0.4, 0.5) is 11.6 Å². The number of fused-ring (bicyclic) bond motifs is 1. The third kappa shape index (κ3) is 5.78. The molecule has 0 unspecified atom stereocenters. The van der Waals surface area contributed by atoms with E-state index < -0.39 is 0 Å². The fourth-order valence-corrected chi connectivity index (χ4v) is 3.55. The largest absolute Gasteiger partial charge is 0.457 e. The van der Waals surface area contributed by atoms with E-state index in [-0.39, 0.29) is 17.5 Å². The number of hydrogen-bond acceptors (Lipinski definition) is 7. The van der Waals surface area contributed by atoms with Gasteiger partial charge in [-0.2, -0.15) is 0 Å². The summed E-state index contributed by atoms with van der Waals surface area (Å²) in [5.41, 5.74) is 3.35. The van der Waals surface area contributed by atoms with Crippen LogP contribution in [0.1, 0.15) is 20.8 Å². The smallest absolute Gasteiger partial charge is 0.269 e. The van der Waals surface area contributed by atoms with Gasteiger partial charge in [0.05, 0.1) is 11.0 Å². The molecule has 186 valence electrons. The first kappa shape index (κ1) is 24.7. The molecule has 2 aromatic carbocycles. The van der Waals surface area contributed by atoms with E-state index in [0.29, 0.717) is 29.6 Å². The summed E-state index contributed by atoms with van der Waals surface area (Å²) in [5, 5.41) is 8.76. The zero-order valence-electron chi connectivity index (χ0n) is 20.7. The first-order valence-electron chi connectivity index (χ1n) is 11.5. The third-order valence-corrected chi connectivity index (χ3v) is 5.53. The molecule has 0 radical (unpaired) electrons. The van der Waals surface area contributed by atoms with Crippen LogP contribution in [0.2, 0.25) is 0 Å². The molecule has 0 spiro atoms. The Morgan fingerprint density at radius 2 is 1.75 bits per heavy atom. The average molecular weight is 488 g/mol. The van der Waals surface area contributed by atoms with Gasteiger partial charge >= 0.3 is 0 Å². The van der Waals surface area contributed by atoms with Gasteiger partial charge in [0.2, 0.25) is 5.95 Å². The molecule has 4 aromatic rings. The van der Waals surface area contributed by atoms with Crippen LogP contribution >= 0.6 is 0 Å². The van der Waals surface area contributed by atoms with Gasteiger partial charge in [0.25, 0.3) is 11.8 Å². The molecule has 0 aliphatic heterocycles. The molecule has 3 N–H and O–H groups in total. The number of rotatable bonds is 9. The Hall–Kier alpha value is -4.44. The van der Waals surface area contributed by atoms with Crippen LogP contribution in [0, 0.1) is 0 Å². The van der Waals surface area contributed by atoms with E-state index in [1.54, 1.807) is 31.3 Å². The number of anilines is 2. The lowest BCUT2D eigenvalue weighted by atomic mass is 10.2. The van der Waals surface area contributed by atoms with E-state index in [1.807, 2.05) is 60.9 Å². The summed E-state index contributed by atoms with van der Waals surface area (Å²) in [5.74, 6) is 1.36. The molecular weight excluding hydrogens is 458 g/mol. The number of nitrogens with one attached hydrogen (secondary N) is 3. The number of nitrogens with zero attached hydrogens (tertiary/aromatic N) is 4. The second kappa shape index (κ2) is 10.9. The maximum Gasteiger partial charge on any atom is 0.269 e. The lowest BCUT2D eigenvalue weighted by molar-refractivity contribution is 0.0945. The first-order chi connectivity index (χ1) is 17.3. The monoisotopic (exact) mass is 487 g/mol. The van der Waals surface area contributed by atoms with Crippen LogP contribution in [0.3, 0.4) is 0 Å². The number of aryl methyl sites for hydroxylation is 1. The minimum atomic E-state index is -0.283. The highest BCUT2D eigenvalue weighted by atomic mass is 16.5. The normalized spacial score (nSPS) is 10.9. The van der Waals surface area contributed by atoms with Gasteiger partial charge in [-0.05, 0) is 56.6 Å². The van der Waals surface area contributed by atoms with Crippen molar-refractivity contribution in [2.75, 3.05) is 39.5 Å². The summed E-state index contributed by atoms with van der Waals surface area (Å²) in [6.07, 6.45) is 1.53. The second-order valence-electron chi connectivity index (χ2n) is 8.46. The lowest BCUT2D eigenvalue weighted by Crippen LogP contribution is -2.31. The molecule has 0 aliphatic rings. The molecule has 0 saturated carbocycles. The molecule has 10 heteroatoms. The number of carbonyl (C=O) groups excluding carboxylic acids is 2. The van der Waals surface area contributed by atoms with Crippen LogP contribution in [0.25, 0.3) is 11.0 Å². The number of ether oxygens (including phenoxy) is 1. The zero-order valence-corrected chi connectivity index (χ0v) is 20.7. The van der Waals surface area contributed by atoms with E-state index in [1.165, 1.54) is 6.20 Å². The molecule has 36 heavy (non-hydrogen) atoms. The van der Waals surface area contributed by atoms with Crippen LogP contribution in [-0.4, -0.2) is 65.5 Å². The first-order valence-corrected chi connectivity index (χ1v) is 11.5. The quantitative estimate of drug-likeness (QED) is 0.332. The molecule has 2 amide bonds. The van der Waals surface area contributed by atoms with Crippen molar-refractivity contribution in [2.45, 2.75) is 0 Å². The number of aromatic nitrogens is 3. The highest BCUT2D eigenvalue weighted by Crippen LogP contribution is 2.28. The Kier molecular flexibility index (Phi) is 7.45. The topological polar surface area (TPSA) is 113 Å². The molecule has 0 bridgehead atoms. The van der Waals surface area contributed by atoms with Gasteiger partial charge in [0, 0.05) is 56.8 Å². The summed E-state index contributed by atoms with van der Waals surface area (Å²) >= 11 is 0. The number of likely N-dealkylation sites (N-methyl/N-ethyl adjacent to an activating group) is 1. The number of imidazole rings is 1. The van der Waals surface area contributed by atoms with Crippen molar-refractivity contribution in [2.24, 2.45) is 7.05 Å². The number of benzene rings is 2. The number of carbonyl (C=O) groups is 2. The highest BCUT2D eigenvalue weighted by molar-refractivity contribution is 5.94. The van der Waals surface area contributed by atoms with Crippen molar-refractivity contribution in [3.8, 4) is 11.5 Å². The van der Waals surface area contributed by atoms with Crippen molar-refractivity contribution in [1.29, 1.82) is 0 Å². The Bertz CT molecular complexity index is 1380. The maximum atomic E-state index is 12.3. The molecule has 0 saturated heterocycles. The van der Waals surface area contributed by atoms with Gasteiger partial charge < -0.3 is 30.2 Å². The predicted octanol–water partition coefficient (Wildman–Crippen LogP) is 3.16. The Labute approximate surface area is 209 Å². The van der Waals surface area contributed by atoms with E-state index in [0.717, 1.165) is 23.3 Å². The van der Waals surface area contributed by atoms with Gasteiger partial charge in [-0.1, -0.05) is 0 Å². The summed E-state index contributed by atoms with van der Waals surface area (Å²) in [4.78, 5) is 34.9. The summed E-state index contributed by atoms with van der Waals surface area (Å²) in [7, 11) is 7.40. The van der Waals surface area contributed by atoms with Crippen LogP contribution in [0.5, 0.6) is 11.5 Å². The zero-order chi connectivity index (χ0) is 25.7.